The zero-order valence-corrected chi connectivity index (χ0v) is 19.0. The fourth-order valence-electron chi connectivity index (χ4n) is 4.57. The zero-order valence-electron chi connectivity index (χ0n) is 19.0. The second-order valence-electron chi connectivity index (χ2n) is 9.06. The molecule has 3 heterocycles. The number of halogens is 2. The molecule has 1 aromatic heterocycles. The lowest BCUT2D eigenvalue weighted by atomic mass is 9.92. The van der Waals surface area contributed by atoms with Gasteiger partial charge in [-0.05, 0) is 26.2 Å². The lowest BCUT2D eigenvalue weighted by molar-refractivity contribution is -0.139. The molecule has 0 radical (unpaired) electrons. The van der Waals surface area contributed by atoms with Crippen LogP contribution in [-0.2, 0) is 21.9 Å². The van der Waals surface area contributed by atoms with Crippen molar-refractivity contribution < 1.29 is 18.3 Å². The van der Waals surface area contributed by atoms with Gasteiger partial charge in [0, 0.05) is 57.3 Å². The molecule has 10 heteroatoms. The molecule has 0 saturated carbocycles. The Morgan fingerprint density at radius 1 is 1.31 bits per heavy atom. The van der Waals surface area contributed by atoms with Crippen LogP contribution in [0.3, 0.4) is 0 Å². The molecule has 1 amide bonds. The van der Waals surface area contributed by atoms with E-state index in [2.05, 4.69) is 27.5 Å². The number of anilines is 2. The number of carbonyl (C=O) groups excluding carboxylic acids is 1. The molecular formula is C22H34F2N6O2. The molecule has 8 nitrogen and oxygen atoms in total. The minimum absolute atomic E-state index is 0.000375. The molecule has 0 aromatic carbocycles. The van der Waals surface area contributed by atoms with Crippen LogP contribution >= 0.6 is 0 Å². The fourth-order valence-corrected chi connectivity index (χ4v) is 4.57. The molecule has 0 unspecified atom stereocenters. The Hall–Kier alpha value is -2.07. The highest BCUT2D eigenvalue weighted by Gasteiger charge is 2.42. The Bertz CT molecular complexity index is 812. The summed E-state index contributed by atoms with van der Waals surface area (Å²) < 4.78 is 35.2. The third-order valence-corrected chi connectivity index (χ3v) is 6.41. The largest absolute Gasteiger partial charge is 0.365 e. The molecule has 178 valence electrons. The van der Waals surface area contributed by atoms with E-state index < -0.39 is 5.92 Å². The number of fused-ring (bicyclic) bond motifs is 1. The van der Waals surface area contributed by atoms with E-state index in [1.807, 2.05) is 16.7 Å². The van der Waals surface area contributed by atoms with Gasteiger partial charge in [0.25, 0.3) is 5.92 Å². The highest BCUT2D eigenvalue weighted by Crippen LogP contribution is 2.43. The lowest BCUT2D eigenvalue weighted by Gasteiger charge is -2.42. The van der Waals surface area contributed by atoms with Gasteiger partial charge in [0.2, 0.25) is 11.9 Å². The van der Waals surface area contributed by atoms with Crippen molar-refractivity contribution >= 4 is 17.7 Å². The van der Waals surface area contributed by atoms with Gasteiger partial charge in [0.05, 0.1) is 6.10 Å². The first-order valence-corrected chi connectivity index (χ1v) is 11.8. The van der Waals surface area contributed by atoms with E-state index in [1.165, 1.54) is 0 Å². The van der Waals surface area contributed by atoms with Crippen molar-refractivity contribution in [1.29, 1.82) is 0 Å². The maximum atomic E-state index is 14.7. The molecular weight excluding hydrogens is 418 g/mol. The van der Waals surface area contributed by atoms with Crippen molar-refractivity contribution in [3.05, 3.63) is 11.3 Å². The second-order valence-corrected chi connectivity index (χ2v) is 9.06. The normalized spacial score (nSPS) is 21.6. The molecule has 1 aliphatic carbocycles. The molecule has 32 heavy (non-hydrogen) atoms. The molecule has 1 aromatic rings. The van der Waals surface area contributed by atoms with Crippen molar-refractivity contribution in [3.8, 4) is 0 Å². The van der Waals surface area contributed by atoms with E-state index in [-0.39, 0.29) is 42.7 Å². The van der Waals surface area contributed by atoms with Crippen LogP contribution in [0, 0.1) is 0 Å². The van der Waals surface area contributed by atoms with Gasteiger partial charge in [0.15, 0.2) is 0 Å². The first-order chi connectivity index (χ1) is 15.4. The number of hydrogen-bond donors (Lipinski definition) is 2. The number of rotatable bonds is 8. The standard InChI is InChI=1S/C22H34F2N6O2/c1-3-5-15(2)26-21-27-19-17(6-4-7-22(19,23)24)20(28-21)30-12-16(13-30)32-14-18(31)29-10-8-25-9-11-29/h15-16,25H,3-14H2,1-2H3,(H,26,27,28)/t15-/m0/s1. The van der Waals surface area contributed by atoms with E-state index in [4.69, 9.17) is 4.74 Å². The summed E-state index contributed by atoms with van der Waals surface area (Å²) in [5.74, 6) is -2.10. The molecule has 2 fully saturated rings. The van der Waals surface area contributed by atoms with Crippen molar-refractivity contribution in [1.82, 2.24) is 20.2 Å². The summed E-state index contributed by atoms with van der Waals surface area (Å²) in [5, 5.41) is 6.42. The fraction of sp³-hybridized carbons (Fsp3) is 0.773. The molecule has 4 rings (SSSR count). The molecule has 3 aliphatic rings. The molecule has 1 atom stereocenters. The van der Waals surface area contributed by atoms with Gasteiger partial charge in [-0.15, -0.1) is 0 Å². The summed E-state index contributed by atoms with van der Waals surface area (Å²) >= 11 is 0. The van der Waals surface area contributed by atoms with Crippen LogP contribution in [0.25, 0.3) is 0 Å². The van der Waals surface area contributed by atoms with Crippen molar-refractivity contribution in [3.63, 3.8) is 0 Å². The Morgan fingerprint density at radius 3 is 2.78 bits per heavy atom. The highest BCUT2D eigenvalue weighted by atomic mass is 19.3. The Labute approximate surface area is 188 Å². The van der Waals surface area contributed by atoms with E-state index >= 15 is 0 Å². The van der Waals surface area contributed by atoms with E-state index in [0.717, 1.165) is 25.9 Å². The minimum Gasteiger partial charge on any atom is -0.365 e. The average molecular weight is 453 g/mol. The van der Waals surface area contributed by atoms with E-state index in [9.17, 15) is 13.6 Å². The topological polar surface area (TPSA) is 82.6 Å². The van der Waals surface area contributed by atoms with Crippen LogP contribution in [0.5, 0.6) is 0 Å². The number of alkyl halides is 2. The summed E-state index contributed by atoms with van der Waals surface area (Å²) in [4.78, 5) is 25.0. The predicted octanol–water partition coefficient (Wildman–Crippen LogP) is 2.14. The maximum absolute atomic E-state index is 14.7. The first-order valence-electron chi connectivity index (χ1n) is 11.8. The van der Waals surface area contributed by atoms with Crippen LogP contribution in [0.15, 0.2) is 0 Å². The van der Waals surface area contributed by atoms with Crippen LogP contribution in [0.2, 0.25) is 0 Å². The maximum Gasteiger partial charge on any atom is 0.290 e. The SMILES string of the molecule is CCC[C@H](C)Nc1nc(N2CC(OCC(=O)N3CCNCC3)C2)c2c(n1)C(F)(F)CCC2. The molecule has 0 spiro atoms. The third kappa shape index (κ3) is 5.11. The van der Waals surface area contributed by atoms with Gasteiger partial charge in [-0.3, -0.25) is 4.79 Å². The summed E-state index contributed by atoms with van der Waals surface area (Å²) in [6.45, 7) is 8.23. The number of amides is 1. The zero-order chi connectivity index (χ0) is 22.7. The number of ether oxygens (including phenoxy) is 1. The Balaban J connectivity index is 1.42. The lowest BCUT2D eigenvalue weighted by Crippen LogP contribution is -2.55. The Kier molecular flexibility index (Phi) is 7.09. The summed E-state index contributed by atoms with van der Waals surface area (Å²) in [5.41, 5.74) is 0.406. The smallest absolute Gasteiger partial charge is 0.290 e. The first kappa shape index (κ1) is 23.1. The van der Waals surface area contributed by atoms with Crippen molar-refractivity contribution in [2.45, 2.75) is 64.0 Å². The molecule has 2 aliphatic heterocycles. The van der Waals surface area contributed by atoms with Crippen LogP contribution in [0.1, 0.15) is 50.8 Å². The average Bonchev–Trinajstić information content (AvgIpc) is 2.73. The van der Waals surface area contributed by atoms with Crippen LogP contribution in [-0.4, -0.2) is 78.8 Å². The summed E-state index contributed by atoms with van der Waals surface area (Å²) in [6.07, 6.45) is 2.58. The van der Waals surface area contributed by atoms with Gasteiger partial charge in [-0.1, -0.05) is 13.3 Å². The number of piperazine rings is 1. The van der Waals surface area contributed by atoms with Gasteiger partial charge < -0.3 is 25.2 Å². The molecule has 2 N–H and O–H groups in total. The minimum atomic E-state index is -2.94. The quantitative estimate of drug-likeness (QED) is 0.625. The number of nitrogens with one attached hydrogen (secondary N) is 2. The number of carbonyl (C=O) groups is 1. The Morgan fingerprint density at radius 2 is 2.06 bits per heavy atom. The number of aromatic nitrogens is 2. The van der Waals surface area contributed by atoms with Crippen molar-refractivity contribution in [2.75, 3.05) is 56.1 Å². The highest BCUT2D eigenvalue weighted by molar-refractivity contribution is 5.77. The number of nitrogens with zero attached hydrogens (tertiary/aromatic N) is 4. The van der Waals surface area contributed by atoms with E-state index in [1.54, 1.807) is 0 Å². The van der Waals surface area contributed by atoms with Crippen molar-refractivity contribution in [2.24, 2.45) is 0 Å². The van der Waals surface area contributed by atoms with E-state index in [0.29, 0.717) is 50.4 Å². The van der Waals surface area contributed by atoms with Gasteiger partial charge in [-0.2, -0.15) is 13.8 Å². The molecule has 0 bridgehead atoms. The van der Waals surface area contributed by atoms with Crippen LogP contribution < -0.4 is 15.5 Å². The van der Waals surface area contributed by atoms with Gasteiger partial charge >= 0.3 is 0 Å². The number of hydrogen-bond acceptors (Lipinski definition) is 7. The monoisotopic (exact) mass is 452 g/mol. The predicted molar refractivity (Wildman–Crippen MR) is 118 cm³/mol. The van der Waals surface area contributed by atoms with Gasteiger partial charge in [-0.25, -0.2) is 4.98 Å². The van der Waals surface area contributed by atoms with Crippen LogP contribution in [0.4, 0.5) is 20.5 Å². The second kappa shape index (κ2) is 9.82. The summed E-state index contributed by atoms with van der Waals surface area (Å²) in [7, 11) is 0. The summed E-state index contributed by atoms with van der Waals surface area (Å²) in [6, 6.07) is 0.103. The van der Waals surface area contributed by atoms with Gasteiger partial charge in [0.1, 0.15) is 18.1 Å². The molecule has 2 saturated heterocycles. The third-order valence-electron chi connectivity index (χ3n) is 6.41.